The van der Waals surface area contributed by atoms with Crippen LogP contribution < -0.4 is 10.6 Å². The Labute approximate surface area is 56.8 Å². The lowest BCUT2D eigenvalue weighted by molar-refractivity contribution is -0.109. The lowest BCUT2D eigenvalue weighted by Crippen LogP contribution is -2.23. The maximum absolute atomic E-state index is 9.75. The molecule has 6 heteroatoms. The second-order valence-electron chi connectivity index (χ2n) is 1.20. The molecule has 0 radical (unpaired) electrons. The van der Waals surface area contributed by atoms with Crippen LogP contribution in [0.2, 0.25) is 0 Å². The van der Waals surface area contributed by atoms with Crippen LogP contribution in [0.1, 0.15) is 0 Å². The molecule has 3 N–H and O–H groups in total. The van der Waals surface area contributed by atoms with Gasteiger partial charge in [0.05, 0.1) is 6.20 Å². The van der Waals surface area contributed by atoms with Crippen molar-refractivity contribution in [3.05, 3.63) is 12.0 Å². The largest absolute Gasteiger partial charge is 0.313 e. The average Bonchev–Trinajstić information content (AvgIpc) is 1.90. The minimum Gasteiger partial charge on any atom is -0.313 e. The van der Waals surface area contributed by atoms with E-state index in [4.69, 9.17) is 5.53 Å². The van der Waals surface area contributed by atoms with Crippen LogP contribution in [0, 0.1) is 5.53 Å². The molecule has 0 aromatic carbocycles. The van der Waals surface area contributed by atoms with Crippen LogP contribution in [0.5, 0.6) is 0 Å². The summed E-state index contributed by atoms with van der Waals surface area (Å²) in [5.74, 6) is 0.0694. The topological polar surface area (TPSA) is 94.4 Å². The second kappa shape index (κ2) is 5.42. The minimum atomic E-state index is 0.0694. The van der Waals surface area contributed by atoms with Gasteiger partial charge in [-0.25, -0.2) is 5.53 Å². The molecule has 0 fully saturated rings. The Kier molecular flexibility index (Phi) is 4.49. The fourth-order valence-electron chi connectivity index (χ4n) is 0.308. The van der Waals surface area contributed by atoms with E-state index in [1.165, 1.54) is 0 Å². The molecule has 0 aliphatic carbocycles. The van der Waals surface area contributed by atoms with Gasteiger partial charge in [-0.1, -0.05) is 0 Å². The molecular weight excluding hydrogens is 136 g/mol. The van der Waals surface area contributed by atoms with Crippen LogP contribution in [0.4, 0.5) is 0 Å². The number of hydrogen-bond acceptors (Lipinski definition) is 4. The summed E-state index contributed by atoms with van der Waals surface area (Å²) in [5, 5.41) is 7.04. The van der Waals surface area contributed by atoms with Crippen LogP contribution in [0.15, 0.2) is 17.1 Å². The van der Waals surface area contributed by atoms with Crippen LogP contribution in [-0.2, 0) is 9.59 Å². The molecule has 0 unspecified atom stereocenters. The van der Waals surface area contributed by atoms with Crippen molar-refractivity contribution in [1.82, 2.24) is 10.6 Å². The lowest BCUT2D eigenvalue weighted by atomic mass is 10.7. The monoisotopic (exact) mass is 142 g/mol. The summed E-state index contributed by atoms with van der Waals surface area (Å²) in [6.45, 7) is 0. The standard InChI is InChI=1S/C4H6N4O2/c5-8-1-4(6-2-9)7-3-10/h1-3,5H,(H,6,9)(H,7,10). The fourth-order valence-corrected chi connectivity index (χ4v) is 0.308. The van der Waals surface area contributed by atoms with Crippen molar-refractivity contribution in [3.63, 3.8) is 0 Å². The summed E-state index contributed by atoms with van der Waals surface area (Å²) in [4.78, 5) is 19.5. The molecule has 0 bridgehead atoms. The van der Waals surface area contributed by atoms with Crippen molar-refractivity contribution in [2.45, 2.75) is 0 Å². The Morgan fingerprint density at radius 1 is 1.30 bits per heavy atom. The maximum atomic E-state index is 9.75. The van der Waals surface area contributed by atoms with Gasteiger partial charge < -0.3 is 10.6 Å². The van der Waals surface area contributed by atoms with E-state index in [1.807, 2.05) is 0 Å². The van der Waals surface area contributed by atoms with Crippen molar-refractivity contribution < 1.29 is 9.59 Å². The van der Waals surface area contributed by atoms with E-state index in [1.54, 1.807) is 0 Å². The van der Waals surface area contributed by atoms with E-state index in [9.17, 15) is 9.59 Å². The number of nitrogens with zero attached hydrogens (tertiary/aromatic N) is 1. The highest BCUT2D eigenvalue weighted by atomic mass is 16.1. The van der Waals surface area contributed by atoms with Gasteiger partial charge in [-0.2, -0.15) is 5.11 Å². The molecular formula is C4H6N4O2. The van der Waals surface area contributed by atoms with Gasteiger partial charge in [0.25, 0.3) is 0 Å². The van der Waals surface area contributed by atoms with E-state index in [2.05, 4.69) is 15.7 Å². The Morgan fingerprint density at radius 3 is 2.10 bits per heavy atom. The first-order chi connectivity index (χ1) is 4.85. The summed E-state index contributed by atoms with van der Waals surface area (Å²) >= 11 is 0. The van der Waals surface area contributed by atoms with Gasteiger partial charge in [-0.05, 0) is 0 Å². The SMILES string of the molecule is N=NC=C(NC=O)NC=O. The molecule has 0 aromatic rings. The second-order valence-corrected chi connectivity index (χ2v) is 1.20. The number of carbonyl (C=O) groups is 2. The van der Waals surface area contributed by atoms with Gasteiger partial charge in [-0.3, -0.25) is 9.59 Å². The normalized spacial score (nSPS) is 7.20. The molecule has 54 valence electrons. The van der Waals surface area contributed by atoms with Crippen molar-refractivity contribution in [2.24, 2.45) is 5.11 Å². The maximum Gasteiger partial charge on any atom is 0.212 e. The van der Waals surface area contributed by atoms with Crippen LogP contribution in [-0.4, -0.2) is 12.8 Å². The third kappa shape index (κ3) is 3.30. The van der Waals surface area contributed by atoms with Crippen LogP contribution >= 0.6 is 0 Å². The van der Waals surface area contributed by atoms with Gasteiger partial charge in [0, 0.05) is 0 Å². The van der Waals surface area contributed by atoms with Gasteiger partial charge in [0.2, 0.25) is 12.8 Å². The van der Waals surface area contributed by atoms with Crippen molar-refractivity contribution >= 4 is 12.8 Å². The first-order valence-corrected chi connectivity index (χ1v) is 2.32. The molecule has 2 amide bonds. The Bertz CT molecular complexity index is 153. The minimum absolute atomic E-state index is 0.0694. The van der Waals surface area contributed by atoms with E-state index in [-0.39, 0.29) is 5.82 Å². The van der Waals surface area contributed by atoms with Crippen molar-refractivity contribution in [3.8, 4) is 0 Å². The zero-order chi connectivity index (χ0) is 7.82. The van der Waals surface area contributed by atoms with E-state index in [0.29, 0.717) is 12.8 Å². The fraction of sp³-hybridized carbons (Fsp3) is 0. The number of nitrogens with one attached hydrogen (secondary N) is 3. The summed E-state index contributed by atoms with van der Waals surface area (Å²) in [6, 6.07) is 0. The van der Waals surface area contributed by atoms with Gasteiger partial charge in [0.15, 0.2) is 0 Å². The molecule has 0 spiro atoms. The highest BCUT2D eigenvalue weighted by Gasteiger charge is 1.88. The molecule has 0 aliphatic heterocycles. The first-order valence-electron chi connectivity index (χ1n) is 2.32. The molecule has 0 atom stereocenters. The number of carbonyl (C=O) groups excluding carboxylic acids is 2. The number of amides is 2. The zero-order valence-corrected chi connectivity index (χ0v) is 5.00. The molecule has 0 saturated heterocycles. The molecule has 0 saturated carbocycles. The van der Waals surface area contributed by atoms with Gasteiger partial charge >= 0.3 is 0 Å². The van der Waals surface area contributed by atoms with E-state index < -0.39 is 0 Å². The van der Waals surface area contributed by atoms with E-state index in [0.717, 1.165) is 6.20 Å². The average molecular weight is 142 g/mol. The summed E-state index contributed by atoms with van der Waals surface area (Å²) in [7, 11) is 0. The molecule has 0 heterocycles. The first kappa shape index (κ1) is 8.28. The number of rotatable bonds is 5. The highest BCUT2D eigenvalue weighted by molar-refractivity contribution is 5.55. The van der Waals surface area contributed by atoms with Crippen molar-refractivity contribution in [2.75, 3.05) is 0 Å². The summed E-state index contributed by atoms with van der Waals surface area (Å²) in [5.41, 5.74) is 6.33. The van der Waals surface area contributed by atoms with E-state index >= 15 is 0 Å². The predicted molar refractivity (Wildman–Crippen MR) is 31.6 cm³/mol. The smallest absolute Gasteiger partial charge is 0.212 e. The Morgan fingerprint density at radius 2 is 1.80 bits per heavy atom. The quantitative estimate of drug-likeness (QED) is 0.350. The molecule has 6 nitrogen and oxygen atoms in total. The molecule has 0 rings (SSSR count). The Balaban J connectivity index is 3.94. The summed E-state index contributed by atoms with van der Waals surface area (Å²) in [6.07, 6.45) is 1.73. The number of hydrogen-bond donors (Lipinski definition) is 3. The van der Waals surface area contributed by atoms with Crippen LogP contribution in [0.3, 0.4) is 0 Å². The zero-order valence-electron chi connectivity index (χ0n) is 5.00. The molecule has 10 heavy (non-hydrogen) atoms. The predicted octanol–water partition coefficient (Wildman–Crippen LogP) is -0.692. The van der Waals surface area contributed by atoms with Crippen LogP contribution in [0.25, 0.3) is 0 Å². The third-order valence-corrected chi connectivity index (χ3v) is 0.623. The van der Waals surface area contributed by atoms with Crippen molar-refractivity contribution in [1.29, 1.82) is 5.53 Å². The molecule has 0 aromatic heterocycles. The Hall–Kier alpha value is -1.72. The summed E-state index contributed by atoms with van der Waals surface area (Å²) < 4.78 is 0. The highest BCUT2D eigenvalue weighted by Crippen LogP contribution is 1.78. The third-order valence-electron chi connectivity index (χ3n) is 0.623. The molecule has 0 aliphatic rings. The van der Waals surface area contributed by atoms with Gasteiger partial charge in [-0.15, -0.1) is 0 Å². The van der Waals surface area contributed by atoms with Gasteiger partial charge in [0.1, 0.15) is 5.82 Å². The lowest BCUT2D eigenvalue weighted by Gasteiger charge is -1.98.